The second kappa shape index (κ2) is 6.16. The molecule has 0 bridgehead atoms. The summed E-state index contributed by atoms with van der Waals surface area (Å²) in [6.07, 6.45) is 4.03. The van der Waals surface area contributed by atoms with Gasteiger partial charge in [0.25, 0.3) is 0 Å². The molecule has 4 nitrogen and oxygen atoms in total. The molecule has 1 N–H and O–H groups in total. The van der Waals surface area contributed by atoms with Crippen LogP contribution < -0.4 is 0 Å². The van der Waals surface area contributed by atoms with E-state index in [0.29, 0.717) is 0 Å². The average Bonchev–Trinajstić information content (AvgIpc) is 2.85. The summed E-state index contributed by atoms with van der Waals surface area (Å²) < 4.78 is 6.09. The quantitative estimate of drug-likeness (QED) is 0.926. The zero-order chi connectivity index (χ0) is 14.7. The molecular weight excluding hydrogens is 266 g/mol. The number of piperidine rings is 1. The molecule has 4 heteroatoms. The van der Waals surface area contributed by atoms with E-state index in [2.05, 4.69) is 29.2 Å². The van der Waals surface area contributed by atoms with Crippen molar-refractivity contribution in [1.29, 1.82) is 0 Å². The molecule has 1 atom stereocenters. The van der Waals surface area contributed by atoms with E-state index in [1.165, 1.54) is 5.56 Å². The van der Waals surface area contributed by atoms with Crippen LogP contribution in [0.15, 0.2) is 30.3 Å². The highest BCUT2D eigenvalue weighted by Crippen LogP contribution is 2.39. The van der Waals surface area contributed by atoms with Crippen LogP contribution >= 0.6 is 0 Å². The largest absolute Gasteiger partial charge is 0.481 e. The molecule has 0 aromatic heterocycles. The topological polar surface area (TPSA) is 49.8 Å². The van der Waals surface area contributed by atoms with Gasteiger partial charge in [0.1, 0.15) is 0 Å². The molecule has 0 saturated carbocycles. The van der Waals surface area contributed by atoms with Crippen LogP contribution in [0.2, 0.25) is 0 Å². The monoisotopic (exact) mass is 289 g/mol. The Hall–Kier alpha value is -1.39. The van der Waals surface area contributed by atoms with E-state index in [4.69, 9.17) is 9.84 Å². The van der Waals surface area contributed by atoms with Crippen molar-refractivity contribution in [1.82, 2.24) is 4.90 Å². The fourth-order valence-corrected chi connectivity index (χ4v) is 3.56. The molecule has 1 aromatic rings. The van der Waals surface area contributed by atoms with Crippen LogP contribution in [0.25, 0.3) is 0 Å². The third-order valence-corrected chi connectivity index (χ3v) is 4.76. The van der Waals surface area contributed by atoms with Gasteiger partial charge in [-0.2, -0.15) is 0 Å². The lowest BCUT2D eigenvalue weighted by Crippen LogP contribution is -2.44. The zero-order valence-corrected chi connectivity index (χ0v) is 12.3. The van der Waals surface area contributed by atoms with Crippen LogP contribution in [-0.4, -0.2) is 40.8 Å². The predicted octanol–water partition coefficient (Wildman–Crippen LogP) is 2.67. The van der Waals surface area contributed by atoms with Gasteiger partial charge in [0.15, 0.2) is 0 Å². The van der Waals surface area contributed by atoms with Crippen LogP contribution in [0.1, 0.15) is 37.7 Å². The molecule has 3 rings (SSSR count). The molecule has 114 valence electrons. The molecule has 1 unspecified atom stereocenters. The number of benzene rings is 1. The van der Waals surface area contributed by atoms with Gasteiger partial charge in [-0.25, -0.2) is 0 Å². The van der Waals surface area contributed by atoms with Crippen LogP contribution in [0.5, 0.6) is 0 Å². The number of hydrogen-bond donors (Lipinski definition) is 1. The normalized spacial score (nSPS) is 25.2. The maximum atomic E-state index is 10.8. The van der Waals surface area contributed by atoms with E-state index >= 15 is 0 Å². The fraction of sp³-hybridized carbons (Fsp3) is 0.588. The number of ether oxygens (including phenoxy) is 1. The smallest absolute Gasteiger partial charge is 0.305 e. The molecule has 2 aliphatic heterocycles. The van der Waals surface area contributed by atoms with Gasteiger partial charge in [0.05, 0.1) is 18.1 Å². The molecule has 1 spiro atoms. The van der Waals surface area contributed by atoms with Crippen molar-refractivity contribution < 1.29 is 14.6 Å². The Kier molecular flexibility index (Phi) is 4.27. The van der Waals surface area contributed by atoms with Gasteiger partial charge in [0.2, 0.25) is 0 Å². The number of likely N-dealkylation sites (tertiary alicyclic amines) is 1. The molecule has 0 radical (unpaired) electrons. The summed E-state index contributed by atoms with van der Waals surface area (Å²) in [5.41, 5.74) is 1.30. The van der Waals surface area contributed by atoms with Crippen molar-refractivity contribution in [3.63, 3.8) is 0 Å². The van der Waals surface area contributed by atoms with Crippen LogP contribution in [0.4, 0.5) is 0 Å². The van der Waals surface area contributed by atoms with Gasteiger partial charge in [-0.15, -0.1) is 0 Å². The molecule has 21 heavy (non-hydrogen) atoms. The van der Waals surface area contributed by atoms with Crippen molar-refractivity contribution >= 4 is 5.97 Å². The van der Waals surface area contributed by atoms with Crippen LogP contribution in [0.3, 0.4) is 0 Å². The minimum absolute atomic E-state index is 0.0483. The van der Waals surface area contributed by atoms with E-state index in [9.17, 15) is 4.79 Å². The molecule has 2 aliphatic rings. The van der Waals surface area contributed by atoms with Crippen molar-refractivity contribution in [2.45, 2.75) is 50.4 Å². The Labute approximate surface area is 125 Å². The van der Waals surface area contributed by atoms with Crippen LogP contribution in [-0.2, 0) is 16.1 Å². The number of carboxylic acids is 1. The third kappa shape index (κ3) is 3.63. The Morgan fingerprint density at radius 1 is 1.24 bits per heavy atom. The van der Waals surface area contributed by atoms with E-state index in [1.807, 2.05) is 6.07 Å². The van der Waals surface area contributed by atoms with Gasteiger partial charge in [-0.3, -0.25) is 9.69 Å². The van der Waals surface area contributed by atoms with Gasteiger partial charge >= 0.3 is 5.97 Å². The first-order valence-corrected chi connectivity index (χ1v) is 7.81. The van der Waals surface area contributed by atoms with E-state index in [1.54, 1.807) is 0 Å². The number of carboxylic acid groups (broad SMARTS) is 1. The second-order valence-corrected chi connectivity index (χ2v) is 6.32. The first-order chi connectivity index (χ1) is 10.2. The maximum Gasteiger partial charge on any atom is 0.305 e. The van der Waals surface area contributed by atoms with Crippen molar-refractivity contribution in [2.75, 3.05) is 13.1 Å². The third-order valence-electron chi connectivity index (χ3n) is 4.76. The van der Waals surface area contributed by atoms with Crippen LogP contribution in [0, 0.1) is 0 Å². The number of aliphatic carboxylic acids is 1. The predicted molar refractivity (Wildman–Crippen MR) is 80.0 cm³/mol. The molecule has 0 amide bonds. The second-order valence-electron chi connectivity index (χ2n) is 6.32. The first-order valence-electron chi connectivity index (χ1n) is 7.81. The van der Waals surface area contributed by atoms with E-state index in [-0.39, 0.29) is 18.1 Å². The summed E-state index contributed by atoms with van der Waals surface area (Å²) in [5.74, 6) is -0.751. The SMILES string of the molecule is O=C(O)CC1CCC2(CCN(Cc3ccccc3)CC2)O1. The Balaban J connectivity index is 1.50. The van der Waals surface area contributed by atoms with Gasteiger partial charge in [-0.05, 0) is 31.2 Å². The standard InChI is InChI=1S/C17H23NO3/c19-16(20)12-15-6-7-17(21-15)8-10-18(11-9-17)13-14-4-2-1-3-5-14/h1-5,15H,6-13H2,(H,19,20). The highest BCUT2D eigenvalue weighted by Gasteiger charge is 2.42. The lowest BCUT2D eigenvalue weighted by Gasteiger charge is -2.39. The fourth-order valence-electron chi connectivity index (χ4n) is 3.56. The van der Waals surface area contributed by atoms with Crippen molar-refractivity contribution in [3.8, 4) is 0 Å². The Bertz CT molecular complexity index is 480. The first kappa shape index (κ1) is 14.5. The van der Waals surface area contributed by atoms with Gasteiger partial charge in [-0.1, -0.05) is 30.3 Å². The molecule has 2 saturated heterocycles. The average molecular weight is 289 g/mol. The number of rotatable bonds is 4. The summed E-state index contributed by atoms with van der Waals surface area (Å²) in [7, 11) is 0. The molecule has 1 aromatic carbocycles. The summed E-state index contributed by atoms with van der Waals surface area (Å²) >= 11 is 0. The maximum absolute atomic E-state index is 10.8. The summed E-state index contributed by atoms with van der Waals surface area (Å²) in [4.78, 5) is 13.3. The van der Waals surface area contributed by atoms with E-state index in [0.717, 1.165) is 45.3 Å². The minimum atomic E-state index is -0.751. The Morgan fingerprint density at radius 3 is 2.62 bits per heavy atom. The minimum Gasteiger partial charge on any atom is -0.481 e. The Morgan fingerprint density at radius 2 is 1.95 bits per heavy atom. The highest BCUT2D eigenvalue weighted by atomic mass is 16.5. The van der Waals surface area contributed by atoms with Crippen molar-refractivity contribution in [3.05, 3.63) is 35.9 Å². The summed E-state index contributed by atoms with van der Waals surface area (Å²) in [5, 5.41) is 8.88. The van der Waals surface area contributed by atoms with E-state index < -0.39 is 5.97 Å². The number of hydrogen-bond acceptors (Lipinski definition) is 3. The summed E-state index contributed by atoms with van der Waals surface area (Å²) in [6, 6.07) is 10.5. The lowest BCUT2D eigenvalue weighted by atomic mass is 9.88. The number of nitrogens with zero attached hydrogens (tertiary/aromatic N) is 1. The summed E-state index contributed by atoms with van der Waals surface area (Å²) in [6.45, 7) is 3.07. The highest BCUT2D eigenvalue weighted by molar-refractivity contribution is 5.67. The van der Waals surface area contributed by atoms with Gasteiger partial charge < -0.3 is 9.84 Å². The van der Waals surface area contributed by atoms with Crippen molar-refractivity contribution in [2.24, 2.45) is 0 Å². The molecular formula is C17H23NO3. The lowest BCUT2D eigenvalue weighted by molar-refractivity contribution is -0.142. The molecule has 0 aliphatic carbocycles. The van der Waals surface area contributed by atoms with Gasteiger partial charge in [0, 0.05) is 19.6 Å². The zero-order valence-electron chi connectivity index (χ0n) is 12.3. The molecule has 2 heterocycles. The number of carbonyl (C=O) groups is 1. The molecule has 2 fully saturated rings.